The van der Waals surface area contributed by atoms with Gasteiger partial charge in [0.25, 0.3) is 0 Å². The van der Waals surface area contributed by atoms with E-state index in [1.165, 1.54) is 44.9 Å². The molecule has 2 rings (SSSR count). The van der Waals surface area contributed by atoms with Crippen LogP contribution in [0.2, 0.25) is 0 Å². The lowest BCUT2D eigenvalue weighted by atomic mass is 9.72. The first kappa shape index (κ1) is 8.59. The molecule has 2 unspecified atom stereocenters. The van der Waals surface area contributed by atoms with Gasteiger partial charge in [-0.15, -0.1) is 0 Å². The highest BCUT2D eigenvalue weighted by Crippen LogP contribution is 2.50. The maximum Gasteiger partial charge on any atom is -0.0323 e. The van der Waals surface area contributed by atoms with E-state index in [9.17, 15) is 0 Å². The molecule has 0 heterocycles. The molecule has 0 nitrogen and oxygen atoms in total. The SMILES string of the molecule is CC1(C)CCCCC2CCCC21. The van der Waals surface area contributed by atoms with Crippen molar-refractivity contribution in [3.63, 3.8) is 0 Å². The summed E-state index contributed by atoms with van der Waals surface area (Å²) in [5.41, 5.74) is 0.664. The van der Waals surface area contributed by atoms with Crippen LogP contribution < -0.4 is 0 Å². The first-order valence-corrected chi connectivity index (χ1v) is 5.70. The molecule has 0 aliphatic heterocycles. The van der Waals surface area contributed by atoms with Crippen molar-refractivity contribution in [1.82, 2.24) is 0 Å². The minimum absolute atomic E-state index is 0.664. The third-order valence-corrected chi connectivity index (χ3v) is 4.31. The molecule has 0 aromatic carbocycles. The third kappa shape index (κ3) is 1.41. The smallest absolute Gasteiger partial charge is 0.0323 e. The Morgan fingerprint density at radius 2 is 1.67 bits per heavy atom. The van der Waals surface area contributed by atoms with E-state index in [0.717, 1.165) is 11.8 Å². The summed E-state index contributed by atoms with van der Waals surface area (Å²) in [5.74, 6) is 2.17. The lowest BCUT2D eigenvalue weighted by molar-refractivity contribution is 0.165. The number of hydrogen-bond donors (Lipinski definition) is 0. The first-order valence-electron chi connectivity index (χ1n) is 5.70. The van der Waals surface area contributed by atoms with Crippen molar-refractivity contribution in [3.8, 4) is 0 Å². The molecule has 70 valence electrons. The van der Waals surface area contributed by atoms with E-state index in [2.05, 4.69) is 13.8 Å². The predicted molar refractivity (Wildman–Crippen MR) is 53.1 cm³/mol. The number of fused-ring (bicyclic) bond motifs is 1. The maximum atomic E-state index is 2.50. The lowest BCUT2D eigenvalue weighted by Gasteiger charge is -2.33. The summed E-state index contributed by atoms with van der Waals surface area (Å²) in [6, 6.07) is 0. The van der Waals surface area contributed by atoms with Crippen LogP contribution in [0.25, 0.3) is 0 Å². The van der Waals surface area contributed by atoms with Gasteiger partial charge in [-0.05, 0) is 30.1 Å². The second kappa shape index (κ2) is 3.05. The average molecular weight is 166 g/mol. The molecular weight excluding hydrogens is 144 g/mol. The minimum atomic E-state index is 0.664. The Hall–Kier alpha value is 0. The summed E-state index contributed by atoms with van der Waals surface area (Å²) in [5, 5.41) is 0. The van der Waals surface area contributed by atoms with Crippen LogP contribution in [0.3, 0.4) is 0 Å². The Morgan fingerprint density at radius 3 is 2.50 bits per heavy atom. The van der Waals surface area contributed by atoms with Crippen LogP contribution >= 0.6 is 0 Å². The van der Waals surface area contributed by atoms with Crippen molar-refractivity contribution in [2.75, 3.05) is 0 Å². The second-order valence-electron chi connectivity index (χ2n) is 5.53. The van der Waals surface area contributed by atoms with Crippen molar-refractivity contribution >= 4 is 0 Å². The zero-order valence-corrected chi connectivity index (χ0v) is 8.60. The van der Waals surface area contributed by atoms with Gasteiger partial charge in [0.15, 0.2) is 0 Å². The van der Waals surface area contributed by atoms with E-state index in [1.54, 1.807) is 0 Å². The molecule has 0 aromatic rings. The fraction of sp³-hybridized carbons (Fsp3) is 1.00. The maximum absolute atomic E-state index is 2.50. The summed E-state index contributed by atoms with van der Waals surface area (Å²) in [6.45, 7) is 5.00. The fourth-order valence-electron chi connectivity index (χ4n) is 3.58. The Labute approximate surface area is 76.7 Å². The second-order valence-corrected chi connectivity index (χ2v) is 5.53. The lowest BCUT2D eigenvalue weighted by Crippen LogP contribution is -2.25. The third-order valence-electron chi connectivity index (χ3n) is 4.31. The van der Waals surface area contributed by atoms with Crippen LogP contribution in [0.4, 0.5) is 0 Å². The van der Waals surface area contributed by atoms with Gasteiger partial charge in [0.1, 0.15) is 0 Å². The van der Waals surface area contributed by atoms with E-state index in [4.69, 9.17) is 0 Å². The van der Waals surface area contributed by atoms with Crippen LogP contribution in [0.5, 0.6) is 0 Å². The van der Waals surface area contributed by atoms with Gasteiger partial charge in [-0.25, -0.2) is 0 Å². The van der Waals surface area contributed by atoms with Gasteiger partial charge >= 0.3 is 0 Å². The quantitative estimate of drug-likeness (QED) is 0.510. The van der Waals surface area contributed by atoms with Crippen LogP contribution in [0.15, 0.2) is 0 Å². The highest BCUT2D eigenvalue weighted by Gasteiger charge is 2.39. The Morgan fingerprint density at radius 1 is 0.917 bits per heavy atom. The van der Waals surface area contributed by atoms with Crippen LogP contribution in [0, 0.1) is 17.3 Å². The Balaban J connectivity index is 2.13. The molecule has 0 N–H and O–H groups in total. The van der Waals surface area contributed by atoms with Gasteiger partial charge in [0, 0.05) is 0 Å². The monoisotopic (exact) mass is 166 g/mol. The van der Waals surface area contributed by atoms with E-state index in [-0.39, 0.29) is 0 Å². The largest absolute Gasteiger partial charge is 0.0596 e. The van der Waals surface area contributed by atoms with E-state index < -0.39 is 0 Å². The van der Waals surface area contributed by atoms with E-state index in [1.807, 2.05) is 0 Å². The van der Waals surface area contributed by atoms with Crippen molar-refractivity contribution in [2.45, 2.75) is 58.8 Å². The summed E-state index contributed by atoms with van der Waals surface area (Å²) < 4.78 is 0. The molecule has 0 aromatic heterocycles. The standard InChI is InChI=1S/C12H22/c1-12(2)9-4-3-6-10-7-5-8-11(10)12/h10-11H,3-9H2,1-2H3. The van der Waals surface area contributed by atoms with Gasteiger partial charge in [0.2, 0.25) is 0 Å². The van der Waals surface area contributed by atoms with Crippen LogP contribution in [0.1, 0.15) is 58.8 Å². The summed E-state index contributed by atoms with van der Waals surface area (Å²) in [7, 11) is 0. The number of rotatable bonds is 0. The highest BCUT2D eigenvalue weighted by molar-refractivity contribution is 4.90. The Bertz CT molecular complexity index is 157. The topological polar surface area (TPSA) is 0 Å². The highest BCUT2D eigenvalue weighted by atomic mass is 14.4. The fourth-order valence-corrected chi connectivity index (χ4v) is 3.58. The van der Waals surface area contributed by atoms with Gasteiger partial charge in [-0.2, -0.15) is 0 Å². The van der Waals surface area contributed by atoms with Crippen molar-refractivity contribution in [1.29, 1.82) is 0 Å². The average Bonchev–Trinajstić information content (AvgIpc) is 2.42. The molecule has 2 aliphatic rings. The summed E-state index contributed by atoms with van der Waals surface area (Å²) in [4.78, 5) is 0. The summed E-state index contributed by atoms with van der Waals surface area (Å²) in [6.07, 6.45) is 10.6. The zero-order valence-electron chi connectivity index (χ0n) is 8.60. The minimum Gasteiger partial charge on any atom is -0.0596 e. The molecule has 2 fully saturated rings. The van der Waals surface area contributed by atoms with Gasteiger partial charge < -0.3 is 0 Å². The van der Waals surface area contributed by atoms with E-state index in [0.29, 0.717) is 5.41 Å². The number of hydrogen-bond acceptors (Lipinski definition) is 0. The molecule has 0 bridgehead atoms. The molecular formula is C12H22. The molecule has 0 saturated heterocycles. The molecule has 2 saturated carbocycles. The normalized spacial score (nSPS) is 40.5. The van der Waals surface area contributed by atoms with Crippen molar-refractivity contribution < 1.29 is 0 Å². The molecule has 0 amide bonds. The molecule has 0 radical (unpaired) electrons. The molecule has 12 heavy (non-hydrogen) atoms. The molecule has 0 spiro atoms. The van der Waals surface area contributed by atoms with Crippen molar-refractivity contribution in [2.24, 2.45) is 17.3 Å². The van der Waals surface area contributed by atoms with Gasteiger partial charge in [0.05, 0.1) is 0 Å². The van der Waals surface area contributed by atoms with Crippen molar-refractivity contribution in [3.05, 3.63) is 0 Å². The van der Waals surface area contributed by atoms with Crippen LogP contribution in [-0.2, 0) is 0 Å². The first-order chi connectivity index (χ1) is 5.70. The molecule has 0 heteroatoms. The molecule has 2 atom stereocenters. The Kier molecular flexibility index (Phi) is 2.18. The van der Waals surface area contributed by atoms with E-state index >= 15 is 0 Å². The van der Waals surface area contributed by atoms with Crippen LogP contribution in [-0.4, -0.2) is 0 Å². The molecule has 2 aliphatic carbocycles. The van der Waals surface area contributed by atoms with Gasteiger partial charge in [-0.1, -0.05) is 46.0 Å². The van der Waals surface area contributed by atoms with Gasteiger partial charge in [-0.3, -0.25) is 0 Å². The predicted octanol–water partition coefficient (Wildman–Crippen LogP) is 4.00. The zero-order chi connectivity index (χ0) is 8.60. The summed E-state index contributed by atoms with van der Waals surface area (Å²) >= 11 is 0.